The fourth-order valence-corrected chi connectivity index (χ4v) is 10.0. The molecule has 0 N–H and O–H groups in total. The highest BCUT2D eigenvalue weighted by Gasteiger charge is 2.41. The van der Waals surface area contributed by atoms with Gasteiger partial charge in [-0.25, -0.2) is 0 Å². The fraction of sp³-hybridized carbons (Fsp3) is 0.333. The topological polar surface area (TPSA) is 0 Å². The molecule has 0 nitrogen and oxygen atoms in total. The molecule has 1 saturated heterocycles. The van der Waals surface area contributed by atoms with Crippen LogP contribution in [0, 0.1) is 0 Å². The second kappa shape index (κ2) is 2.94. The summed E-state index contributed by atoms with van der Waals surface area (Å²) < 4.78 is 0. The van der Waals surface area contributed by atoms with E-state index in [-0.39, 0.29) is 17.6 Å². The molecular formula is C12H14Si2. The van der Waals surface area contributed by atoms with E-state index in [1.54, 1.807) is 10.4 Å². The standard InChI is InChI=1S/C12H14Si2/c1-13-9-5-3-7-11(9)14(2)12-8-4-6-10(12)13/h3-9,12H,1-2H3. The van der Waals surface area contributed by atoms with Gasteiger partial charge in [0, 0.05) is 0 Å². The Labute approximate surface area is 88.9 Å². The second-order valence-electron chi connectivity index (χ2n) is 4.34. The van der Waals surface area contributed by atoms with Crippen molar-refractivity contribution in [3.05, 3.63) is 46.8 Å². The third kappa shape index (κ3) is 0.983. The van der Waals surface area contributed by atoms with Gasteiger partial charge in [-0.05, 0) is 11.1 Å². The predicted molar refractivity (Wildman–Crippen MR) is 65.2 cm³/mol. The van der Waals surface area contributed by atoms with E-state index in [0.29, 0.717) is 0 Å². The average Bonchev–Trinajstić information content (AvgIpc) is 2.82. The molecule has 2 radical (unpaired) electrons. The maximum atomic E-state index is 2.49. The minimum atomic E-state index is -0.307. The summed E-state index contributed by atoms with van der Waals surface area (Å²) in [6.07, 6.45) is 14.2. The minimum Gasteiger partial charge on any atom is -0.0803 e. The summed E-state index contributed by atoms with van der Waals surface area (Å²) in [6.45, 7) is 4.97. The highest BCUT2D eigenvalue weighted by molar-refractivity contribution is 6.82. The Hall–Kier alpha value is -0.606. The van der Waals surface area contributed by atoms with E-state index >= 15 is 0 Å². The van der Waals surface area contributed by atoms with E-state index in [1.165, 1.54) is 0 Å². The Morgan fingerprint density at radius 3 is 1.71 bits per heavy atom. The van der Waals surface area contributed by atoms with Gasteiger partial charge in [-0.2, -0.15) is 0 Å². The lowest BCUT2D eigenvalue weighted by Gasteiger charge is -2.36. The normalized spacial score (nSPS) is 35.6. The molecule has 14 heavy (non-hydrogen) atoms. The molecule has 0 aromatic heterocycles. The Kier molecular flexibility index (Phi) is 1.82. The Balaban J connectivity index is 2.06. The van der Waals surface area contributed by atoms with Crippen LogP contribution >= 0.6 is 0 Å². The van der Waals surface area contributed by atoms with Crippen molar-refractivity contribution in [2.75, 3.05) is 0 Å². The molecule has 2 aliphatic carbocycles. The van der Waals surface area contributed by atoms with E-state index in [0.717, 1.165) is 11.1 Å². The molecule has 0 spiro atoms. The molecule has 1 heterocycles. The highest BCUT2D eigenvalue weighted by Crippen LogP contribution is 2.47. The van der Waals surface area contributed by atoms with Crippen molar-refractivity contribution in [2.24, 2.45) is 0 Å². The van der Waals surface area contributed by atoms with Gasteiger partial charge in [0.05, 0.1) is 17.6 Å². The van der Waals surface area contributed by atoms with Crippen LogP contribution < -0.4 is 0 Å². The number of hydrogen-bond donors (Lipinski definition) is 0. The first-order valence-electron chi connectivity index (χ1n) is 5.23. The zero-order chi connectivity index (χ0) is 9.71. The second-order valence-corrected chi connectivity index (χ2v) is 9.47. The van der Waals surface area contributed by atoms with Crippen LogP contribution in [-0.2, 0) is 0 Å². The minimum absolute atomic E-state index is 0.307. The molecule has 0 aromatic carbocycles. The summed E-state index contributed by atoms with van der Waals surface area (Å²) in [5.41, 5.74) is 1.67. The first-order valence-corrected chi connectivity index (χ1v) is 9.39. The smallest absolute Gasteiger partial charge is 0.0803 e. The maximum Gasteiger partial charge on any atom is 0.0885 e. The van der Waals surface area contributed by atoms with Crippen LogP contribution in [0.3, 0.4) is 0 Å². The third-order valence-electron chi connectivity index (χ3n) is 3.67. The summed E-state index contributed by atoms with van der Waals surface area (Å²) in [4.78, 5) is 0. The van der Waals surface area contributed by atoms with Crippen LogP contribution in [0.15, 0.2) is 46.8 Å². The summed E-state index contributed by atoms with van der Waals surface area (Å²) in [6, 6.07) is 0. The van der Waals surface area contributed by atoms with Gasteiger partial charge in [-0.15, -0.1) is 0 Å². The summed E-state index contributed by atoms with van der Waals surface area (Å²) >= 11 is 0. The van der Waals surface area contributed by atoms with E-state index in [2.05, 4.69) is 49.6 Å². The molecule has 1 aliphatic heterocycles. The molecule has 2 atom stereocenters. The van der Waals surface area contributed by atoms with Crippen molar-refractivity contribution in [1.82, 2.24) is 0 Å². The quantitative estimate of drug-likeness (QED) is 0.544. The van der Waals surface area contributed by atoms with Crippen molar-refractivity contribution < 1.29 is 0 Å². The lowest BCUT2D eigenvalue weighted by atomic mass is 10.4. The fourth-order valence-electron chi connectivity index (χ4n) is 2.82. The van der Waals surface area contributed by atoms with Crippen molar-refractivity contribution in [3.63, 3.8) is 0 Å². The predicted octanol–water partition coefficient (Wildman–Crippen LogP) is 3.06. The van der Waals surface area contributed by atoms with Crippen LogP contribution in [0.25, 0.3) is 0 Å². The summed E-state index contributed by atoms with van der Waals surface area (Å²) in [7, 11) is -0.615. The lowest BCUT2D eigenvalue weighted by Crippen LogP contribution is -2.36. The van der Waals surface area contributed by atoms with Gasteiger partial charge in [-0.3, -0.25) is 0 Å². The van der Waals surface area contributed by atoms with E-state index in [1.807, 2.05) is 0 Å². The van der Waals surface area contributed by atoms with Gasteiger partial charge in [0.25, 0.3) is 0 Å². The number of rotatable bonds is 0. The molecule has 0 amide bonds. The highest BCUT2D eigenvalue weighted by atomic mass is 28.3. The van der Waals surface area contributed by atoms with Crippen LogP contribution in [0.4, 0.5) is 0 Å². The van der Waals surface area contributed by atoms with E-state index in [9.17, 15) is 0 Å². The van der Waals surface area contributed by atoms with Crippen molar-refractivity contribution >= 4 is 17.6 Å². The maximum absolute atomic E-state index is 2.49. The molecule has 0 saturated carbocycles. The lowest BCUT2D eigenvalue weighted by molar-refractivity contribution is 1.17. The molecule has 70 valence electrons. The van der Waals surface area contributed by atoms with E-state index < -0.39 is 0 Å². The third-order valence-corrected chi connectivity index (χ3v) is 9.90. The Bertz CT molecular complexity index is 349. The van der Waals surface area contributed by atoms with Crippen LogP contribution in [0.2, 0.25) is 24.2 Å². The molecule has 0 aromatic rings. The molecule has 2 unspecified atom stereocenters. The van der Waals surface area contributed by atoms with Gasteiger partial charge < -0.3 is 0 Å². The van der Waals surface area contributed by atoms with Crippen LogP contribution in [0.5, 0.6) is 0 Å². The van der Waals surface area contributed by atoms with Gasteiger partial charge in [0.2, 0.25) is 0 Å². The molecule has 3 rings (SSSR count). The molecule has 2 heteroatoms. The average molecular weight is 214 g/mol. The Morgan fingerprint density at radius 1 is 0.857 bits per heavy atom. The van der Waals surface area contributed by atoms with E-state index in [4.69, 9.17) is 0 Å². The van der Waals surface area contributed by atoms with Crippen molar-refractivity contribution in [1.29, 1.82) is 0 Å². The van der Waals surface area contributed by atoms with Gasteiger partial charge >= 0.3 is 0 Å². The van der Waals surface area contributed by atoms with Gasteiger partial charge in [0.1, 0.15) is 0 Å². The first kappa shape index (κ1) is 8.68. The van der Waals surface area contributed by atoms with Crippen molar-refractivity contribution in [3.8, 4) is 0 Å². The summed E-state index contributed by atoms with van der Waals surface area (Å²) in [5, 5.41) is 3.58. The largest absolute Gasteiger partial charge is 0.0885 e. The summed E-state index contributed by atoms with van der Waals surface area (Å²) in [5.74, 6) is 0. The molecule has 0 bridgehead atoms. The zero-order valence-corrected chi connectivity index (χ0v) is 10.6. The van der Waals surface area contributed by atoms with Crippen LogP contribution in [-0.4, -0.2) is 17.6 Å². The first-order chi connectivity index (χ1) is 6.79. The zero-order valence-electron chi connectivity index (χ0n) is 8.62. The molecule has 1 fully saturated rings. The molecular weight excluding hydrogens is 200 g/mol. The number of fused-ring (bicyclic) bond motifs is 2. The van der Waals surface area contributed by atoms with Crippen LogP contribution in [0.1, 0.15) is 0 Å². The number of allylic oxidation sites excluding steroid dienone is 8. The molecule has 3 aliphatic rings. The van der Waals surface area contributed by atoms with Crippen molar-refractivity contribution in [2.45, 2.75) is 24.2 Å². The van der Waals surface area contributed by atoms with Gasteiger partial charge in [0.15, 0.2) is 0 Å². The van der Waals surface area contributed by atoms with Gasteiger partial charge in [-0.1, -0.05) is 59.9 Å². The number of hydrogen-bond acceptors (Lipinski definition) is 0. The SMILES string of the molecule is C[Si]1C2=CC=CC2[Si](C)C2=CC=CC21. The Morgan fingerprint density at radius 2 is 1.29 bits per heavy atom. The monoisotopic (exact) mass is 214 g/mol.